The summed E-state index contributed by atoms with van der Waals surface area (Å²) < 4.78 is 8.16. The SMILES string of the molecule is Oc1ccccc1CN1CCC(c2nnc(SC[C@@H]3CCCO3)n2Cc2ccccc2)CC1. The van der Waals surface area contributed by atoms with Gasteiger partial charge in [-0.15, -0.1) is 10.2 Å². The van der Waals surface area contributed by atoms with Crippen LogP contribution < -0.4 is 0 Å². The Labute approximate surface area is 200 Å². The Morgan fingerprint density at radius 2 is 1.73 bits per heavy atom. The van der Waals surface area contributed by atoms with Crippen molar-refractivity contribution in [2.24, 2.45) is 0 Å². The zero-order valence-electron chi connectivity index (χ0n) is 19.0. The van der Waals surface area contributed by atoms with Crippen molar-refractivity contribution in [3.05, 3.63) is 71.5 Å². The molecule has 33 heavy (non-hydrogen) atoms. The fraction of sp³-hybridized carbons (Fsp3) is 0.462. The summed E-state index contributed by atoms with van der Waals surface area (Å²) >= 11 is 1.78. The standard InChI is InChI=1S/C26H32N4O2S/c31-24-11-5-4-9-22(24)18-29-14-12-21(13-15-29)25-27-28-26(33-19-23-10-6-16-32-23)30(25)17-20-7-2-1-3-8-20/h1-5,7-9,11,21,23,31H,6,10,12-19H2/t23-/m0/s1. The van der Waals surface area contributed by atoms with Crippen LogP contribution in [-0.2, 0) is 17.8 Å². The normalized spacial score (nSPS) is 19.8. The second kappa shape index (κ2) is 10.7. The maximum absolute atomic E-state index is 10.1. The molecule has 7 heteroatoms. The van der Waals surface area contributed by atoms with E-state index < -0.39 is 0 Å². The molecule has 0 spiro atoms. The largest absolute Gasteiger partial charge is 0.508 e. The average molecular weight is 465 g/mol. The van der Waals surface area contributed by atoms with Gasteiger partial charge in [0.05, 0.1) is 12.6 Å². The highest BCUT2D eigenvalue weighted by atomic mass is 32.2. The Bertz CT molecular complexity index is 1030. The number of hydrogen-bond donors (Lipinski definition) is 1. The minimum absolute atomic E-state index is 0.331. The van der Waals surface area contributed by atoms with Crippen LogP contribution in [0, 0.1) is 0 Å². The third-order valence-electron chi connectivity index (χ3n) is 6.69. The zero-order chi connectivity index (χ0) is 22.5. The van der Waals surface area contributed by atoms with Crippen LogP contribution >= 0.6 is 11.8 Å². The van der Waals surface area contributed by atoms with Crippen LogP contribution in [0.25, 0.3) is 0 Å². The lowest BCUT2D eigenvalue weighted by molar-refractivity contribution is 0.129. The van der Waals surface area contributed by atoms with Crippen LogP contribution in [0.3, 0.4) is 0 Å². The van der Waals surface area contributed by atoms with E-state index in [-0.39, 0.29) is 0 Å². The van der Waals surface area contributed by atoms with Gasteiger partial charge in [-0.3, -0.25) is 4.90 Å². The van der Waals surface area contributed by atoms with Crippen LogP contribution in [0.2, 0.25) is 0 Å². The van der Waals surface area contributed by atoms with Gasteiger partial charge in [-0.2, -0.15) is 0 Å². The molecule has 0 amide bonds. The molecule has 3 aromatic rings. The fourth-order valence-corrected chi connectivity index (χ4v) is 5.81. The molecule has 2 saturated heterocycles. The second-order valence-corrected chi connectivity index (χ2v) is 10.0. The Balaban J connectivity index is 1.28. The van der Waals surface area contributed by atoms with Gasteiger partial charge in [0.25, 0.3) is 0 Å². The molecule has 2 aliphatic rings. The predicted octanol–water partition coefficient (Wildman–Crippen LogP) is 4.68. The number of phenols is 1. The summed E-state index contributed by atoms with van der Waals surface area (Å²) in [5.74, 6) is 2.83. The Kier molecular flexibility index (Phi) is 7.29. The van der Waals surface area contributed by atoms with E-state index in [2.05, 4.69) is 44.9 Å². The maximum Gasteiger partial charge on any atom is 0.191 e. The summed E-state index contributed by atoms with van der Waals surface area (Å²) in [6, 6.07) is 18.2. The van der Waals surface area contributed by atoms with Gasteiger partial charge >= 0.3 is 0 Å². The molecule has 3 heterocycles. The maximum atomic E-state index is 10.1. The molecular formula is C26H32N4O2S. The Hall–Kier alpha value is -2.35. The number of hydrogen-bond acceptors (Lipinski definition) is 6. The van der Waals surface area contributed by atoms with Crippen molar-refractivity contribution in [1.82, 2.24) is 19.7 Å². The second-order valence-electron chi connectivity index (χ2n) is 9.04. The average Bonchev–Trinajstić information content (AvgIpc) is 3.51. The Morgan fingerprint density at radius 1 is 0.939 bits per heavy atom. The number of benzene rings is 2. The summed E-state index contributed by atoms with van der Waals surface area (Å²) in [4.78, 5) is 2.43. The van der Waals surface area contributed by atoms with Gasteiger partial charge < -0.3 is 14.4 Å². The number of nitrogens with zero attached hydrogens (tertiary/aromatic N) is 4. The molecule has 6 nitrogen and oxygen atoms in total. The molecular weight excluding hydrogens is 432 g/mol. The zero-order valence-corrected chi connectivity index (χ0v) is 19.8. The first-order valence-electron chi connectivity index (χ1n) is 12.0. The van der Waals surface area contributed by atoms with Gasteiger partial charge in [0, 0.05) is 30.4 Å². The summed E-state index contributed by atoms with van der Waals surface area (Å²) in [7, 11) is 0. The van der Waals surface area contributed by atoms with Crippen molar-refractivity contribution in [2.45, 2.75) is 56.0 Å². The molecule has 0 saturated carbocycles. The molecule has 1 atom stereocenters. The number of ether oxygens (including phenoxy) is 1. The van der Waals surface area contributed by atoms with Gasteiger partial charge in [0.15, 0.2) is 5.16 Å². The predicted molar refractivity (Wildman–Crippen MR) is 131 cm³/mol. The third-order valence-corrected chi connectivity index (χ3v) is 7.79. The fourth-order valence-electron chi connectivity index (χ4n) is 4.80. The molecule has 174 valence electrons. The number of likely N-dealkylation sites (tertiary alicyclic amines) is 1. The van der Waals surface area contributed by atoms with Gasteiger partial charge in [-0.05, 0) is 50.4 Å². The highest BCUT2D eigenvalue weighted by Crippen LogP contribution is 2.32. The first kappa shape index (κ1) is 22.4. The first-order chi connectivity index (χ1) is 16.3. The lowest BCUT2D eigenvalue weighted by Gasteiger charge is -2.31. The number of piperidine rings is 1. The van der Waals surface area contributed by atoms with Crippen molar-refractivity contribution >= 4 is 11.8 Å². The number of thioether (sulfide) groups is 1. The van der Waals surface area contributed by atoms with E-state index in [0.29, 0.717) is 17.8 Å². The third kappa shape index (κ3) is 5.60. The van der Waals surface area contributed by atoms with E-state index in [0.717, 1.165) is 80.8 Å². The van der Waals surface area contributed by atoms with Gasteiger partial charge in [-0.25, -0.2) is 0 Å². The van der Waals surface area contributed by atoms with E-state index in [4.69, 9.17) is 9.84 Å². The van der Waals surface area contributed by atoms with Crippen LogP contribution in [0.1, 0.15) is 48.6 Å². The van der Waals surface area contributed by atoms with E-state index in [1.54, 1.807) is 17.8 Å². The van der Waals surface area contributed by atoms with Gasteiger partial charge in [0.2, 0.25) is 0 Å². The number of para-hydroxylation sites is 1. The molecule has 2 fully saturated rings. The molecule has 1 N–H and O–H groups in total. The van der Waals surface area contributed by atoms with Crippen LogP contribution in [0.5, 0.6) is 5.75 Å². The molecule has 0 unspecified atom stereocenters. The molecule has 0 radical (unpaired) electrons. The summed E-state index contributed by atoms with van der Waals surface area (Å²) in [6.45, 7) is 4.46. The van der Waals surface area contributed by atoms with Crippen LogP contribution in [-0.4, -0.2) is 56.3 Å². The highest BCUT2D eigenvalue weighted by molar-refractivity contribution is 7.99. The molecule has 1 aromatic heterocycles. The van der Waals surface area contributed by atoms with Crippen molar-refractivity contribution in [3.63, 3.8) is 0 Å². The van der Waals surface area contributed by atoms with E-state index in [9.17, 15) is 5.11 Å². The Morgan fingerprint density at radius 3 is 2.48 bits per heavy atom. The van der Waals surface area contributed by atoms with Gasteiger partial charge in [0.1, 0.15) is 11.6 Å². The van der Waals surface area contributed by atoms with Crippen molar-refractivity contribution in [1.29, 1.82) is 0 Å². The summed E-state index contributed by atoms with van der Waals surface area (Å²) in [6.07, 6.45) is 4.74. The molecule has 5 rings (SSSR count). The summed E-state index contributed by atoms with van der Waals surface area (Å²) in [5.41, 5.74) is 2.27. The molecule has 0 aliphatic carbocycles. The molecule has 0 bridgehead atoms. The lowest BCUT2D eigenvalue weighted by atomic mass is 9.95. The van der Waals surface area contributed by atoms with Crippen molar-refractivity contribution < 1.29 is 9.84 Å². The molecule has 2 aliphatic heterocycles. The minimum atomic E-state index is 0.331. The van der Waals surface area contributed by atoms with Crippen LogP contribution in [0.15, 0.2) is 59.8 Å². The number of aromatic hydroxyl groups is 1. The number of aromatic nitrogens is 3. The first-order valence-corrected chi connectivity index (χ1v) is 13.0. The van der Waals surface area contributed by atoms with E-state index in [1.165, 1.54) is 5.56 Å². The lowest BCUT2D eigenvalue weighted by Crippen LogP contribution is -2.33. The molecule has 2 aromatic carbocycles. The topological polar surface area (TPSA) is 63.4 Å². The van der Waals surface area contributed by atoms with Gasteiger partial charge in [-0.1, -0.05) is 60.3 Å². The highest BCUT2D eigenvalue weighted by Gasteiger charge is 2.27. The van der Waals surface area contributed by atoms with Crippen molar-refractivity contribution in [2.75, 3.05) is 25.4 Å². The van der Waals surface area contributed by atoms with E-state index in [1.807, 2.05) is 18.2 Å². The van der Waals surface area contributed by atoms with Crippen molar-refractivity contribution in [3.8, 4) is 5.75 Å². The number of phenolic OH excluding ortho intramolecular Hbond substituents is 1. The quantitative estimate of drug-likeness (QED) is 0.488. The minimum Gasteiger partial charge on any atom is -0.508 e. The van der Waals surface area contributed by atoms with E-state index >= 15 is 0 Å². The van der Waals surface area contributed by atoms with Crippen LogP contribution in [0.4, 0.5) is 0 Å². The number of rotatable bonds is 8. The smallest absolute Gasteiger partial charge is 0.191 e. The monoisotopic (exact) mass is 464 g/mol. The summed E-state index contributed by atoms with van der Waals surface area (Å²) in [5, 5.41) is 20.4.